The summed E-state index contributed by atoms with van der Waals surface area (Å²) in [7, 11) is 0. The summed E-state index contributed by atoms with van der Waals surface area (Å²) in [5.41, 5.74) is 1.19. The number of nitrogens with zero attached hydrogens (tertiary/aromatic N) is 1. The maximum atomic E-state index is 13.1. The van der Waals surface area contributed by atoms with Crippen LogP contribution in [0.1, 0.15) is 18.1 Å². The number of hydrogen-bond acceptors (Lipinski definition) is 4. The Morgan fingerprint density at radius 3 is 2.18 bits per heavy atom. The Morgan fingerprint density at radius 1 is 1.04 bits per heavy atom. The SMILES string of the molecule is CC(=O)N[C@H](Cc1ccc(F)cc1)C(=O)N[C@H](Cc1ccc(Cl)nc1)C(=O)O. The van der Waals surface area contributed by atoms with Gasteiger partial charge >= 0.3 is 5.97 Å². The van der Waals surface area contributed by atoms with Crippen LogP contribution >= 0.6 is 11.6 Å². The second-order valence-corrected chi connectivity index (χ2v) is 6.56. The first-order valence-corrected chi connectivity index (χ1v) is 8.77. The number of pyridine rings is 1. The van der Waals surface area contributed by atoms with Crippen LogP contribution in [0.3, 0.4) is 0 Å². The van der Waals surface area contributed by atoms with E-state index in [1.807, 2.05) is 0 Å². The summed E-state index contributed by atoms with van der Waals surface area (Å²) < 4.78 is 13.1. The molecule has 0 aliphatic heterocycles. The molecule has 0 fully saturated rings. The Bertz CT molecular complexity index is 843. The number of rotatable bonds is 8. The van der Waals surface area contributed by atoms with E-state index in [9.17, 15) is 23.9 Å². The van der Waals surface area contributed by atoms with Crippen LogP contribution in [0.15, 0.2) is 42.6 Å². The van der Waals surface area contributed by atoms with E-state index in [0.717, 1.165) is 0 Å². The first-order valence-electron chi connectivity index (χ1n) is 8.39. The van der Waals surface area contributed by atoms with Crippen LogP contribution in [-0.2, 0) is 27.2 Å². The number of amides is 2. The minimum Gasteiger partial charge on any atom is -0.480 e. The summed E-state index contributed by atoms with van der Waals surface area (Å²) in [5, 5.41) is 14.6. The van der Waals surface area contributed by atoms with Crippen molar-refractivity contribution in [2.24, 2.45) is 0 Å². The maximum Gasteiger partial charge on any atom is 0.326 e. The van der Waals surface area contributed by atoms with Crippen molar-refractivity contribution in [3.63, 3.8) is 0 Å². The Hall–Kier alpha value is -3.00. The zero-order valence-electron chi connectivity index (χ0n) is 15.0. The number of carbonyl (C=O) groups excluding carboxylic acids is 2. The van der Waals surface area contributed by atoms with E-state index >= 15 is 0 Å². The van der Waals surface area contributed by atoms with Gasteiger partial charge in [-0.25, -0.2) is 14.2 Å². The molecule has 2 rings (SSSR count). The van der Waals surface area contributed by atoms with E-state index < -0.39 is 35.7 Å². The van der Waals surface area contributed by atoms with Gasteiger partial charge in [0, 0.05) is 26.0 Å². The molecule has 0 spiro atoms. The molecule has 7 nitrogen and oxygen atoms in total. The molecule has 0 unspecified atom stereocenters. The van der Waals surface area contributed by atoms with Gasteiger partial charge in [0.05, 0.1) is 0 Å². The lowest BCUT2D eigenvalue weighted by Gasteiger charge is -2.21. The van der Waals surface area contributed by atoms with Gasteiger partial charge in [0.1, 0.15) is 23.1 Å². The molecule has 9 heteroatoms. The molecule has 0 bridgehead atoms. The minimum atomic E-state index is -1.23. The largest absolute Gasteiger partial charge is 0.480 e. The van der Waals surface area contributed by atoms with Gasteiger partial charge in [-0.1, -0.05) is 29.8 Å². The van der Waals surface area contributed by atoms with Gasteiger partial charge in [-0.2, -0.15) is 0 Å². The predicted molar refractivity (Wildman–Crippen MR) is 100 cm³/mol. The molecule has 0 saturated carbocycles. The van der Waals surface area contributed by atoms with Crippen LogP contribution in [0.2, 0.25) is 5.15 Å². The van der Waals surface area contributed by atoms with Crippen molar-refractivity contribution in [1.29, 1.82) is 0 Å². The number of halogens is 2. The van der Waals surface area contributed by atoms with Crippen molar-refractivity contribution >= 4 is 29.4 Å². The van der Waals surface area contributed by atoms with Gasteiger partial charge < -0.3 is 15.7 Å². The number of carbonyl (C=O) groups is 3. The zero-order chi connectivity index (χ0) is 20.7. The second-order valence-electron chi connectivity index (χ2n) is 6.18. The van der Waals surface area contributed by atoms with Crippen LogP contribution in [0, 0.1) is 5.82 Å². The van der Waals surface area contributed by atoms with Crippen LogP contribution in [0.5, 0.6) is 0 Å². The molecule has 0 aliphatic rings. The third kappa shape index (κ3) is 6.62. The molecular formula is C19H19ClFN3O4. The maximum absolute atomic E-state index is 13.1. The fourth-order valence-corrected chi connectivity index (χ4v) is 2.66. The highest BCUT2D eigenvalue weighted by Crippen LogP contribution is 2.09. The molecule has 2 atom stereocenters. The Kier molecular flexibility index (Phi) is 7.45. The van der Waals surface area contributed by atoms with E-state index in [4.69, 9.17) is 11.6 Å². The lowest BCUT2D eigenvalue weighted by atomic mass is 10.0. The molecule has 2 amide bonds. The second kappa shape index (κ2) is 9.80. The van der Waals surface area contributed by atoms with Gasteiger partial charge in [0.25, 0.3) is 0 Å². The van der Waals surface area contributed by atoms with Crippen LogP contribution in [0.25, 0.3) is 0 Å². The lowest BCUT2D eigenvalue weighted by molar-refractivity contribution is -0.142. The average Bonchev–Trinajstić information content (AvgIpc) is 2.63. The fraction of sp³-hybridized carbons (Fsp3) is 0.263. The third-order valence-corrected chi connectivity index (χ3v) is 4.11. The van der Waals surface area contributed by atoms with Gasteiger partial charge in [-0.3, -0.25) is 9.59 Å². The van der Waals surface area contributed by atoms with Crippen molar-refractivity contribution in [3.8, 4) is 0 Å². The highest BCUT2D eigenvalue weighted by Gasteiger charge is 2.26. The van der Waals surface area contributed by atoms with Crippen molar-refractivity contribution in [2.75, 3.05) is 0 Å². The van der Waals surface area contributed by atoms with E-state index in [1.165, 1.54) is 43.5 Å². The smallest absolute Gasteiger partial charge is 0.326 e. The van der Waals surface area contributed by atoms with Crippen molar-refractivity contribution in [1.82, 2.24) is 15.6 Å². The number of carboxylic acids is 1. The van der Waals surface area contributed by atoms with Crippen molar-refractivity contribution in [2.45, 2.75) is 31.8 Å². The summed E-state index contributed by atoms with van der Waals surface area (Å²) in [5.74, 6) is -2.76. The molecular weight excluding hydrogens is 389 g/mol. The summed E-state index contributed by atoms with van der Waals surface area (Å²) in [6, 6.07) is 6.37. The molecule has 2 aromatic rings. The van der Waals surface area contributed by atoms with E-state index in [0.29, 0.717) is 11.1 Å². The molecule has 0 radical (unpaired) electrons. The highest BCUT2D eigenvalue weighted by molar-refractivity contribution is 6.29. The Morgan fingerprint density at radius 2 is 1.64 bits per heavy atom. The van der Waals surface area contributed by atoms with Crippen LogP contribution in [0.4, 0.5) is 4.39 Å². The normalized spacial score (nSPS) is 12.7. The van der Waals surface area contributed by atoms with Crippen LogP contribution < -0.4 is 10.6 Å². The minimum absolute atomic E-state index is 0.00538. The van der Waals surface area contributed by atoms with Gasteiger partial charge in [0.2, 0.25) is 11.8 Å². The topological polar surface area (TPSA) is 108 Å². The van der Waals surface area contributed by atoms with Gasteiger partial charge in [0.15, 0.2) is 0 Å². The Labute approximate surface area is 165 Å². The quantitative estimate of drug-likeness (QED) is 0.577. The average molecular weight is 408 g/mol. The molecule has 0 aliphatic carbocycles. The highest BCUT2D eigenvalue weighted by atomic mass is 35.5. The molecule has 0 saturated heterocycles. The summed E-state index contributed by atoms with van der Waals surface area (Å²) in [4.78, 5) is 39.5. The summed E-state index contributed by atoms with van der Waals surface area (Å²) in [6.45, 7) is 1.25. The molecule has 1 aromatic carbocycles. The summed E-state index contributed by atoms with van der Waals surface area (Å²) >= 11 is 5.71. The zero-order valence-corrected chi connectivity index (χ0v) is 15.7. The molecule has 1 heterocycles. The van der Waals surface area contributed by atoms with Gasteiger partial charge in [-0.15, -0.1) is 0 Å². The van der Waals surface area contributed by atoms with E-state index in [1.54, 1.807) is 6.07 Å². The molecule has 3 N–H and O–H groups in total. The predicted octanol–water partition coefficient (Wildman–Crippen LogP) is 1.73. The molecule has 148 valence electrons. The van der Waals surface area contributed by atoms with Crippen molar-refractivity contribution < 1.29 is 23.9 Å². The number of nitrogens with one attached hydrogen (secondary N) is 2. The number of carboxylic acid groups (broad SMARTS) is 1. The first-order chi connectivity index (χ1) is 13.2. The van der Waals surface area contributed by atoms with Gasteiger partial charge in [-0.05, 0) is 29.3 Å². The lowest BCUT2D eigenvalue weighted by Crippen LogP contribution is -2.52. The van der Waals surface area contributed by atoms with Crippen molar-refractivity contribution in [3.05, 3.63) is 64.7 Å². The first kappa shape index (κ1) is 21.3. The van der Waals surface area contributed by atoms with E-state index in [2.05, 4.69) is 15.6 Å². The number of aliphatic carboxylic acids is 1. The number of hydrogen-bond donors (Lipinski definition) is 3. The number of benzene rings is 1. The van der Waals surface area contributed by atoms with E-state index in [-0.39, 0.29) is 18.0 Å². The molecule has 1 aromatic heterocycles. The third-order valence-electron chi connectivity index (χ3n) is 3.89. The molecule has 28 heavy (non-hydrogen) atoms. The monoisotopic (exact) mass is 407 g/mol. The van der Waals surface area contributed by atoms with Crippen LogP contribution in [-0.4, -0.2) is 40.0 Å². The fourth-order valence-electron chi connectivity index (χ4n) is 2.55. The number of aromatic nitrogens is 1. The standard InChI is InChI=1S/C19H19ClFN3O4/c1-11(25)23-15(8-12-2-5-14(21)6-3-12)18(26)24-16(19(27)28)9-13-4-7-17(20)22-10-13/h2-7,10,15-16H,8-9H2,1H3,(H,23,25)(H,24,26)(H,27,28)/t15-,16-/m1/s1. The summed E-state index contributed by atoms with van der Waals surface area (Å²) in [6.07, 6.45) is 1.50. The Balaban J connectivity index is 2.11.